The molecule has 3 aromatic carbocycles. The molecule has 0 saturated carbocycles. The molecule has 0 spiro atoms. The molecule has 0 unspecified atom stereocenters. The molecule has 0 aliphatic heterocycles. The number of carbonyl (C=O) groups is 1. The molecule has 0 aliphatic rings. The first-order chi connectivity index (χ1) is 18.6. The number of hydrogen-bond donors (Lipinski definition) is 3. The minimum Gasteiger partial charge on any atom is -0.422 e. The van der Waals surface area contributed by atoms with Crippen LogP contribution in [0, 0.1) is 5.82 Å². The molecule has 1 aromatic heterocycles. The standard InChI is InChI=1S/C27H27FN4O6S/c1-29-39(35,36)31-23-11-7-8-17(25(23)28)14-21-22(16-30-18-9-5-4-6-10-18)20-13-12-19(37-27(34)32(2)3)15-24(20)38-26(21)33/h4-13,15,29-31H,14,16H2,1-3H3. The summed E-state index contributed by atoms with van der Waals surface area (Å²) in [7, 11) is 0.327. The van der Waals surface area contributed by atoms with Crippen molar-refractivity contribution in [1.29, 1.82) is 0 Å². The normalized spacial score (nSPS) is 11.3. The Kier molecular flexibility index (Phi) is 8.17. The molecule has 0 radical (unpaired) electrons. The summed E-state index contributed by atoms with van der Waals surface area (Å²) in [5.41, 5.74) is 0.861. The summed E-state index contributed by atoms with van der Waals surface area (Å²) in [6.07, 6.45) is -0.758. The molecule has 204 valence electrons. The van der Waals surface area contributed by atoms with Crippen LogP contribution in [0.25, 0.3) is 11.0 Å². The lowest BCUT2D eigenvalue weighted by molar-refractivity contribution is 0.172. The molecule has 4 aromatic rings. The molecule has 1 heterocycles. The summed E-state index contributed by atoms with van der Waals surface area (Å²) in [6.45, 7) is 0.200. The van der Waals surface area contributed by atoms with E-state index in [9.17, 15) is 18.0 Å². The van der Waals surface area contributed by atoms with Crippen molar-refractivity contribution in [1.82, 2.24) is 9.62 Å². The lowest BCUT2D eigenvalue weighted by Crippen LogP contribution is -2.27. The largest absolute Gasteiger partial charge is 0.422 e. The van der Waals surface area contributed by atoms with Gasteiger partial charge in [-0.3, -0.25) is 4.72 Å². The van der Waals surface area contributed by atoms with Gasteiger partial charge in [-0.1, -0.05) is 30.3 Å². The van der Waals surface area contributed by atoms with Crippen LogP contribution in [-0.2, 0) is 23.2 Å². The maximum Gasteiger partial charge on any atom is 0.414 e. The summed E-state index contributed by atoms with van der Waals surface area (Å²) in [5.74, 6) is -0.627. The van der Waals surface area contributed by atoms with Crippen molar-refractivity contribution in [3.05, 3.63) is 99.7 Å². The maximum atomic E-state index is 15.3. The first-order valence-electron chi connectivity index (χ1n) is 11.8. The third-order valence-electron chi connectivity index (χ3n) is 5.86. The molecule has 0 atom stereocenters. The van der Waals surface area contributed by atoms with Crippen LogP contribution in [0.2, 0.25) is 0 Å². The van der Waals surface area contributed by atoms with E-state index in [1.54, 1.807) is 26.2 Å². The van der Waals surface area contributed by atoms with E-state index in [-0.39, 0.29) is 41.1 Å². The Morgan fingerprint density at radius 2 is 1.77 bits per heavy atom. The smallest absolute Gasteiger partial charge is 0.414 e. The van der Waals surface area contributed by atoms with Gasteiger partial charge in [-0.25, -0.2) is 18.7 Å². The highest BCUT2D eigenvalue weighted by molar-refractivity contribution is 7.90. The van der Waals surface area contributed by atoms with Crippen molar-refractivity contribution >= 4 is 38.6 Å². The van der Waals surface area contributed by atoms with Gasteiger partial charge in [0.25, 0.3) is 10.2 Å². The Labute approximate surface area is 224 Å². The number of nitrogens with zero attached hydrogens (tertiary/aromatic N) is 1. The van der Waals surface area contributed by atoms with Crippen LogP contribution in [-0.4, -0.2) is 40.6 Å². The van der Waals surface area contributed by atoms with Crippen LogP contribution in [0.4, 0.5) is 20.6 Å². The van der Waals surface area contributed by atoms with Gasteiger partial charge in [0.15, 0.2) is 5.82 Å². The predicted molar refractivity (Wildman–Crippen MR) is 147 cm³/mol. The van der Waals surface area contributed by atoms with Gasteiger partial charge in [-0.15, -0.1) is 0 Å². The van der Waals surface area contributed by atoms with E-state index in [0.717, 1.165) is 5.69 Å². The first kappa shape index (κ1) is 27.6. The third kappa shape index (κ3) is 6.54. The summed E-state index contributed by atoms with van der Waals surface area (Å²) in [5, 5.41) is 3.83. The van der Waals surface area contributed by atoms with Gasteiger partial charge in [-0.2, -0.15) is 8.42 Å². The van der Waals surface area contributed by atoms with Crippen LogP contribution in [0.5, 0.6) is 5.75 Å². The van der Waals surface area contributed by atoms with E-state index in [1.165, 1.54) is 36.2 Å². The second kappa shape index (κ2) is 11.5. The zero-order valence-corrected chi connectivity index (χ0v) is 22.3. The molecular weight excluding hydrogens is 527 g/mol. The minimum absolute atomic E-state index is 0.0930. The van der Waals surface area contributed by atoms with E-state index >= 15 is 4.39 Å². The maximum absolute atomic E-state index is 15.3. The topological polar surface area (TPSA) is 130 Å². The molecule has 12 heteroatoms. The average Bonchev–Trinajstić information content (AvgIpc) is 2.91. The van der Waals surface area contributed by atoms with Gasteiger partial charge in [0.05, 0.1) is 5.69 Å². The van der Waals surface area contributed by atoms with Gasteiger partial charge < -0.3 is 19.4 Å². The number of para-hydroxylation sites is 1. The SMILES string of the molecule is CNS(=O)(=O)Nc1cccc(Cc2c(CNc3ccccc3)c3ccc(OC(=O)N(C)C)cc3oc2=O)c1F. The first-order valence-corrected chi connectivity index (χ1v) is 13.3. The fourth-order valence-electron chi connectivity index (χ4n) is 3.85. The van der Waals surface area contributed by atoms with Crippen molar-refractivity contribution < 1.29 is 26.8 Å². The van der Waals surface area contributed by atoms with E-state index < -0.39 is 27.7 Å². The van der Waals surface area contributed by atoms with Gasteiger partial charge in [0.2, 0.25) is 0 Å². The van der Waals surface area contributed by atoms with Crippen LogP contribution < -0.4 is 25.1 Å². The molecule has 4 rings (SSSR count). The Morgan fingerprint density at radius 1 is 1.03 bits per heavy atom. The van der Waals surface area contributed by atoms with E-state index in [0.29, 0.717) is 10.9 Å². The zero-order valence-electron chi connectivity index (χ0n) is 21.4. The Balaban J connectivity index is 1.79. The highest BCUT2D eigenvalue weighted by Gasteiger charge is 2.20. The monoisotopic (exact) mass is 554 g/mol. The fourth-order valence-corrected chi connectivity index (χ4v) is 4.40. The van der Waals surface area contributed by atoms with Crippen molar-refractivity contribution in [2.45, 2.75) is 13.0 Å². The molecule has 0 aliphatic carbocycles. The number of ether oxygens (including phenoxy) is 1. The number of hydrogen-bond acceptors (Lipinski definition) is 7. The van der Waals surface area contributed by atoms with Crippen molar-refractivity contribution in [3.8, 4) is 5.75 Å². The molecule has 39 heavy (non-hydrogen) atoms. The second-order valence-electron chi connectivity index (χ2n) is 8.75. The van der Waals surface area contributed by atoms with Crippen LogP contribution >= 0.6 is 0 Å². The minimum atomic E-state index is -3.96. The van der Waals surface area contributed by atoms with Gasteiger partial charge in [0, 0.05) is 56.8 Å². The highest BCUT2D eigenvalue weighted by atomic mass is 32.2. The van der Waals surface area contributed by atoms with Gasteiger partial charge in [-0.05, 0) is 41.5 Å². The summed E-state index contributed by atoms with van der Waals surface area (Å²) in [6, 6.07) is 18.2. The quantitative estimate of drug-likeness (QED) is 0.266. The number of amides is 1. The number of nitrogens with one attached hydrogen (secondary N) is 3. The van der Waals surface area contributed by atoms with E-state index in [2.05, 4.69) is 14.8 Å². The lowest BCUT2D eigenvalue weighted by Gasteiger charge is -2.16. The van der Waals surface area contributed by atoms with Gasteiger partial charge in [0.1, 0.15) is 11.3 Å². The Hall–Kier alpha value is -4.42. The van der Waals surface area contributed by atoms with E-state index in [4.69, 9.17) is 9.15 Å². The second-order valence-corrected chi connectivity index (χ2v) is 10.4. The van der Waals surface area contributed by atoms with Crippen molar-refractivity contribution in [2.75, 3.05) is 31.2 Å². The number of benzene rings is 3. The summed E-state index contributed by atoms with van der Waals surface area (Å²) < 4.78 is 54.2. The highest BCUT2D eigenvalue weighted by Crippen LogP contribution is 2.28. The Morgan fingerprint density at radius 3 is 2.46 bits per heavy atom. The summed E-state index contributed by atoms with van der Waals surface area (Å²) in [4.78, 5) is 26.5. The van der Waals surface area contributed by atoms with Crippen molar-refractivity contribution in [3.63, 3.8) is 0 Å². The number of rotatable bonds is 9. The van der Waals surface area contributed by atoms with Crippen molar-refractivity contribution in [2.24, 2.45) is 0 Å². The molecule has 3 N–H and O–H groups in total. The molecule has 10 nitrogen and oxygen atoms in total. The summed E-state index contributed by atoms with van der Waals surface area (Å²) >= 11 is 0. The predicted octanol–water partition coefficient (Wildman–Crippen LogP) is 4.07. The van der Waals surface area contributed by atoms with Crippen LogP contribution in [0.15, 0.2) is 75.9 Å². The van der Waals surface area contributed by atoms with Crippen LogP contribution in [0.1, 0.15) is 16.7 Å². The van der Waals surface area contributed by atoms with E-state index in [1.807, 2.05) is 30.3 Å². The molecule has 0 saturated heterocycles. The van der Waals surface area contributed by atoms with Crippen LogP contribution in [0.3, 0.4) is 0 Å². The molecular formula is C27H27FN4O6S. The molecule has 0 fully saturated rings. The number of anilines is 2. The zero-order chi connectivity index (χ0) is 28.2. The third-order valence-corrected chi connectivity index (χ3v) is 6.89. The number of carbonyl (C=O) groups excluding carboxylic acids is 1. The molecule has 0 bridgehead atoms. The average molecular weight is 555 g/mol. The van der Waals surface area contributed by atoms with Gasteiger partial charge >= 0.3 is 11.7 Å². The fraction of sp³-hybridized carbons (Fsp3) is 0.185. The number of fused-ring (bicyclic) bond motifs is 1. The molecule has 1 amide bonds. The Bertz CT molecular complexity index is 1670. The number of halogens is 1. The lowest BCUT2D eigenvalue weighted by atomic mass is 9.97.